The van der Waals surface area contributed by atoms with Gasteiger partial charge in [-0.25, -0.2) is 4.98 Å². The summed E-state index contributed by atoms with van der Waals surface area (Å²) < 4.78 is 11.4. The summed E-state index contributed by atoms with van der Waals surface area (Å²) in [6.45, 7) is 4.08. The summed E-state index contributed by atoms with van der Waals surface area (Å²) in [5.74, 6) is 1.28. The van der Waals surface area contributed by atoms with Gasteiger partial charge in [0.2, 0.25) is 0 Å². The van der Waals surface area contributed by atoms with Crippen LogP contribution in [0.15, 0.2) is 36.5 Å². The van der Waals surface area contributed by atoms with Crippen LogP contribution in [-0.2, 0) is 11.2 Å². The summed E-state index contributed by atoms with van der Waals surface area (Å²) in [6.07, 6.45) is 5.35. The smallest absolute Gasteiger partial charge is 0.255 e. The summed E-state index contributed by atoms with van der Waals surface area (Å²) >= 11 is 0. The van der Waals surface area contributed by atoms with Gasteiger partial charge in [0.25, 0.3) is 5.91 Å². The normalized spacial score (nSPS) is 19.9. The van der Waals surface area contributed by atoms with E-state index in [-0.39, 0.29) is 18.1 Å². The number of pyridine rings is 1. The van der Waals surface area contributed by atoms with Gasteiger partial charge in [0.05, 0.1) is 29.9 Å². The highest BCUT2D eigenvalue weighted by atomic mass is 16.5. The lowest BCUT2D eigenvalue weighted by Gasteiger charge is -2.38. The van der Waals surface area contributed by atoms with Crippen LogP contribution in [0, 0.1) is 11.3 Å². The average molecular weight is 450 g/mol. The van der Waals surface area contributed by atoms with Gasteiger partial charge in [-0.15, -0.1) is 0 Å². The highest BCUT2D eigenvalue weighted by Gasteiger charge is 2.31. The van der Waals surface area contributed by atoms with Gasteiger partial charge in [0, 0.05) is 39.4 Å². The largest absolute Gasteiger partial charge is 0.492 e. The fraction of sp³-hybridized carbons (Fsp3) is 0.480. The molecule has 0 aliphatic carbocycles. The van der Waals surface area contributed by atoms with Gasteiger partial charge < -0.3 is 25.0 Å². The van der Waals surface area contributed by atoms with Crippen molar-refractivity contribution in [1.29, 1.82) is 5.26 Å². The molecular weight excluding hydrogens is 418 g/mol. The fourth-order valence-corrected chi connectivity index (χ4v) is 4.53. The molecule has 1 fully saturated rings. The molecule has 0 saturated carbocycles. The summed E-state index contributed by atoms with van der Waals surface area (Å²) in [4.78, 5) is 19.5. The second kappa shape index (κ2) is 11.1. The third kappa shape index (κ3) is 5.62. The Hall–Kier alpha value is -3.15. The van der Waals surface area contributed by atoms with Gasteiger partial charge in [-0.2, -0.15) is 5.26 Å². The Morgan fingerprint density at radius 1 is 1.33 bits per heavy atom. The molecular formula is C25H31N5O3. The second-order valence-corrected chi connectivity index (χ2v) is 8.48. The van der Waals surface area contributed by atoms with Crippen LogP contribution in [0.1, 0.15) is 40.7 Å². The van der Waals surface area contributed by atoms with Gasteiger partial charge in [-0.3, -0.25) is 4.79 Å². The molecule has 8 nitrogen and oxygen atoms in total. The molecule has 1 saturated heterocycles. The molecule has 0 spiro atoms. The number of nitrogens with one attached hydrogen (secondary N) is 2. The van der Waals surface area contributed by atoms with Crippen LogP contribution in [0.4, 0.5) is 5.82 Å². The van der Waals surface area contributed by atoms with Crippen molar-refractivity contribution in [2.75, 3.05) is 45.2 Å². The molecule has 1 amide bonds. The van der Waals surface area contributed by atoms with Gasteiger partial charge in [-0.05, 0) is 49.6 Å². The third-order valence-corrected chi connectivity index (χ3v) is 6.34. The molecule has 8 heteroatoms. The Labute approximate surface area is 194 Å². The van der Waals surface area contributed by atoms with Crippen molar-refractivity contribution in [3.05, 3.63) is 53.2 Å². The SMILES string of the molecule is COC1CN(CCCCNc2ncccc2C#N)CCC1NC(=O)c1cccc2c1OCC2. The van der Waals surface area contributed by atoms with Crippen LogP contribution in [-0.4, -0.2) is 67.8 Å². The molecule has 4 rings (SSSR count). The Morgan fingerprint density at radius 3 is 3.09 bits per heavy atom. The maximum Gasteiger partial charge on any atom is 0.255 e. The summed E-state index contributed by atoms with van der Waals surface area (Å²) in [5, 5.41) is 15.6. The number of nitrogens with zero attached hydrogens (tertiary/aromatic N) is 3. The van der Waals surface area contributed by atoms with Gasteiger partial charge in [0.15, 0.2) is 0 Å². The number of likely N-dealkylation sites (tertiary alicyclic amines) is 1. The van der Waals surface area contributed by atoms with Crippen LogP contribution in [0.5, 0.6) is 5.75 Å². The predicted molar refractivity (Wildman–Crippen MR) is 125 cm³/mol. The number of amides is 1. The molecule has 0 radical (unpaired) electrons. The average Bonchev–Trinajstić information content (AvgIpc) is 3.34. The maximum atomic E-state index is 12.9. The summed E-state index contributed by atoms with van der Waals surface area (Å²) in [7, 11) is 1.71. The maximum absolute atomic E-state index is 12.9. The van der Waals surface area contributed by atoms with Crippen LogP contribution in [0.3, 0.4) is 0 Å². The number of anilines is 1. The molecule has 0 bridgehead atoms. The monoisotopic (exact) mass is 449 g/mol. The van der Waals surface area contributed by atoms with Crippen molar-refractivity contribution in [2.24, 2.45) is 0 Å². The van der Waals surface area contributed by atoms with E-state index in [0.29, 0.717) is 23.6 Å². The van der Waals surface area contributed by atoms with E-state index < -0.39 is 0 Å². The van der Waals surface area contributed by atoms with Crippen molar-refractivity contribution in [2.45, 2.75) is 37.8 Å². The van der Waals surface area contributed by atoms with E-state index in [2.05, 4.69) is 26.6 Å². The zero-order chi connectivity index (χ0) is 23.0. The molecule has 174 valence electrons. The molecule has 2 atom stereocenters. The number of carbonyl (C=O) groups excluding carboxylic acids is 1. The van der Waals surface area contributed by atoms with Crippen molar-refractivity contribution in [3.63, 3.8) is 0 Å². The Morgan fingerprint density at radius 2 is 2.24 bits per heavy atom. The molecule has 2 unspecified atom stereocenters. The lowest BCUT2D eigenvalue weighted by molar-refractivity contribution is 0.00606. The van der Waals surface area contributed by atoms with E-state index in [0.717, 1.165) is 63.2 Å². The number of benzene rings is 1. The molecule has 2 aromatic rings. The zero-order valence-corrected chi connectivity index (χ0v) is 19.0. The van der Waals surface area contributed by atoms with E-state index >= 15 is 0 Å². The van der Waals surface area contributed by atoms with Gasteiger partial charge in [0.1, 0.15) is 17.6 Å². The molecule has 1 aromatic heterocycles. The molecule has 3 heterocycles. The number of piperidine rings is 1. The van der Waals surface area contributed by atoms with Crippen molar-refractivity contribution in [1.82, 2.24) is 15.2 Å². The first-order valence-electron chi connectivity index (χ1n) is 11.6. The fourth-order valence-electron chi connectivity index (χ4n) is 4.53. The number of hydrogen-bond acceptors (Lipinski definition) is 7. The predicted octanol–water partition coefficient (Wildman–Crippen LogP) is 2.60. The number of aromatic nitrogens is 1. The minimum atomic E-state index is -0.0911. The second-order valence-electron chi connectivity index (χ2n) is 8.48. The number of rotatable bonds is 9. The summed E-state index contributed by atoms with van der Waals surface area (Å²) in [5.41, 5.74) is 2.28. The molecule has 2 N–H and O–H groups in total. The number of para-hydroxylation sites is 1. The lowest BCUT2D eigenvalue weighted by atomic mass is 10.00. The number of nitriles is 1. The van der Waals surface area contributed by atoms with Crippen LogP contribution < -0.4 is 15.4 Å². The van der Waals surface area contributed by atoms with Crippen molar-refractivity contribution >= 4 is 11.7 Å². The number of unbranched alkanes of at least 4 members (excludes halogenated alkanes) is 1. The van der Waals surface area contributed by atoms with Crippen molar-refractivity contribution < 1.29 is 14.3 Å². The first-order valence-corrected chi connectivity index (χ1v) is 11.6. The van der Waals surface area contributed by atoms with E-state index in [9.17, 15) is 4.79 Å². The van der Waals surface area contributed by atoms with Gasteiger partial charge in [-0.1, -0.05) is 12.1 Å². The van der Waals surface area contributed by atoms with Crippen molar-refractivity contribution in [3.8, 4) is 11.8 Å². The minimum Gasteiger partial charge on any atom is -0.492 e. The van der Waals surface area contributed by atoms with Gasteiger partial charge >= 0.3 is 0 Å². The highest BCUT2D eigenvalue weighted by Crippen LogP contribution is 2.29. The van der Waals surface area contributed by atoms with E-state index in [1.54, 1.807) is 25.4 Å². The standard InChI is InChI=1S/C25H31N5O3/c1-32-22-17-30(13-3-2-11-27-24-19(16-26)7-5-12-28-24)14-9-21(22)29-25(31)20-8-4-6-18-10-15-33-23(18)20/h4-8,12,21-22H,2-3,9-11,13-15,17H2,1H3,(H,27,28)(H,29,31). The lowest BCUT2D eigenvalue weighted by Crippen LogP contribution is -2.54. The zero-order valence-electron chi connectivity index (χ0n) is 19.0. The van der Waals surface area contributed by atoms with Crippen LogP contribution in [0.25, 0.3) is 0 Å². The van der Waals surface area contributed by atoms with E-state index in [1.165, 1.54) is 0 Å². The molecule has 33 heavy (non-hydrogen) atoms. The molecule has 2 aliphatic heterocycles. The van der Waals surface area contributed by atoms with Crippen LogP contribution in [0.2, 0.25) is 0 Å². The Kier molecular flexibility index (Phi) is 7.76. The Bertz CT molecular complexity index is 1010. The highest BCUT2D eigenvalue weighted by molar-refractivity contribution is 5.97. The number of carbonyl (C=O) groups is 1. The van der Waals surface area contributed by atoms with Crippen LogP contribution >= 0.6 is 0 Å². The van der Waals surface area contributed by atoms with E-state index in [1.807, 2.05) is 18.2 Å². The number of fused-ring (bicyclic) bond motifs is 1. The number of methoxy groups -OCH3 is 1. The first kappa shape index (κ1) is 23.0. The minimum absolute atomic E-state index is 0.0220. The Balaban J connectivity index is 1.21. The molecule has 2 aliphatic rings. The number of ether oxygens (including phenoxy) is 2. The third-order valence-electron chi connectivity index (χ3n) is 6.34. The summed E-state index contributed by atoms with van der Waals surface area (Å²) in [6, 6.07) is 11.4. The topological polar surface area (TPSA) is 99.5 Å². The molecule has 1 aromatic carbocycles. The van der Waals surface area contributed by atoms with E-state index in [4.69, 9.17) is 14.7 Å². The quantitative estimate of drug-likeness (QED) is 0.568. The first-order chi connectivity index (χ1) is 16.2. The number of hydrogen-bond donors (Lipinski definition) is 2.